The molecule has 2 aromatic carbocycles. The number of carbonyl (C=O) groups is 1. The topological polar surface area (TPSA) is 92.9 Å². The van der Waals surface area contributed by atoms with E-state index in [4.69, 9.17) is 4.74 Å². The molecule has 0 aromatic heterocycles. The van der Waals surface area contributed by atoms with E-state index in [1.165, 1.54) is 30.3 Å². The van der Waals surface area contributed by atoms with Gasteiger partial charge in [0.2, 0.25) is 5.78 Å². The molecule has 3 rings (SSSR count). The molecule has 1 aliphatic rings. The second-order valence-electron chi connectivity index (χ2n) is 6.82. The van der Waals surface area contributed by atoms with Crippen molar-refractivity contribution in [2.75, 3.05) is 13.6 Å². The fourth-order valence-corrected chi connectivity index (χ4v) is 3.11. The number of fused-ring (bicyclic) bond motifs is 1. The van der Waals surface area contributed by atoms with Crippen LogP contribution in [0, 0.1) is 10.1 Å². The highest BCUT2D eigenvalue weighted by Gasteiger charge is 2.31. The standard InChI is InChI=1S/C21H22N2O5.ClH/c1-3-4-10-22(2)13-17-18(24)9-8-16-20(25)19(28-21(16)17)12-14-6-5-7-15(11-14)23(26)27;/h5-9,11-12,24H,3-4,10,13H2,1-2H3;1H. The van der Waals surface area contributed by atoms with E-state index in [0.29, 0.717) is 29.0 Å². The second kappa shape index (κ2) is 9.54. The number of phenolic OH excluding ortho intramolecular Hbond substituents is 1. The van der Waals surface area contributed by atoms with E-state index >= 15 is 0 Å². The van der Waals surface area contributed by atoms with E-state index in [-0.39, 0.29) is 35.4 Å². The molecule has 0 unspecified atom stereocenters. The Kier molecular flexibility index (Phi) is 7.36. The van der Waals surface area contributed by atoms with Crippen LogP contribution >= 0.6 is 12.4 Å². The number of halogens is 1. The van der Waals surface area contributed by atoms with Gasteiger partial charge in [-0.2, -0.15) is 0 Å². The zero-order chi connectivity index (χ0) is 20.3. The minimum atomic E-state index is -0.490. The number of nitro benzene ring substituents is 1. The number of phenols is 1. The molecule has 0 atom stereocenters. The largest absolute Gasteiger partial charge is 0.507 e. The monoisotopic (exact) mass is 418 g/mol. The van der Waals surface area contributed by atoms with Gasteiger partial charge in [-0.3, -0.25) is 14.9 Å². The first-order chi connectivity index (χ1) is 13.4. The van der Waals surface area contributed by atoms with E-state index < -0.39 is 4.92 Å². The van der Waals surface area contributed by atoms with Gasteiger partial charge >= 0.3 is 0 Å². The lowest BCUT2D eigenvalue weighted by atomic mass is 10.0. The molecule has 0 bridgehead atoms. The van der Waals surface area contributed by atoms with E-state index in [2.05, 4.69) is 11.8 Å². The van der Waals surface area contributed by atoms with Gasteiger partial charge in [-0.05, 0) is 43.8 Å². The number of unbranched alkanes of at least 4 members (excludes halogenated alkanes) is 1. The second-order valence-corrected chi connectivity index (χ2v) is 6.82. The molecule has 29 heavy (non-hydrogen) atoms. The SMILES string of the molecule is CCCCN(C)Cc1c(O)ccc2c1OC(=Cc1cccc([N+](=O)[O-])c1)C2=O.Cl. The van der Waals surface area contributed by atoms with Crippen LogP contribution in [0.5, 0.6) is 11.5 Å². The van der Waals surface area contributed by atoms with Crippen molar-refractivity contribution < 1.29 is 19.6 Å². The number of Topliss-reactive ketones (excluding diaryl/α,β-unsaturated/α-hetero) is 1. The summed E-state index contributed by atoms with van der Waals surface area (Å²) in [4.78, 5) is 25.2. The molecule has 0 aliphatic carbocycles. The summed E-state index contributed by atoms with van der Waals surface area (Å²) in [6, 6.07) is 9.02. The number of ketones is 1. The third-order valence-corrected chi connectivity index (χ3v) is 4.62. The molecule has 1 aliphatic heterocycles. The first kappa shape index (κ1) is 22.4. The van der Waals surface area contributed by atoms with Gasteiger partial charge in [-0.15, -0.1) is 12.4 Å². The Hall–Kier alpha value is -2.90. The third kappa shape index (κ3) is 4.93. The number of aromatic hydroxyl groups is 1. The van der Waals surface area contributed by atoms with Gasteiger partial charge in [-0.1, -0.05) is 25.5 Å². The van der Waals surface area contributed by atoms with Crippen LogP contribution in [0.25, 0.3) is 6.08 Å². The van der Waals surface area contributed by atoms with Crippen molar-refractivity contribution >= 4 is 30.0 Å². The van der Waals surface area contributed by atoms with Gasteiger partial charge in [-0.25, -0.2) is 0 Å². The molecule has 1 N–H and O–H groups in total. The highest BCUT2D eigenvalue weighted by molar-refractivity contribution is 6.15. The summed E-state index contributed by atoms with van der Waals surface area (Å²) >= 11 is 0. The van der Waals surface area contributed by atoms with Crippen LogP contribution in [-0.2, 0) is 6.54 Å². The Bertz CT molecular complexity index is 958. The van der Waals surface area contributed by atoms with Gasteiger partial charge in [0.1, 0.15) is 11.5 Å². The van der Waals surface area contributed by atoms with Gasteiger partial charge in [0.15, 0.2) is 5.76 Å². The van der Waals surface area contributed by atoms with E-state index in [1.807, 2.05) is 7.05 Å². The van der Waals surface area contributed by atoms with Crippen LogP contribution in [0.1, 0.15) is 41.3 Å². The molecule has 7 nitrogen and oxygen atoms in total. The first-order valence-electron chi connectivity index (χ1n) is 9.12. The molecule has 0 fully saturated rings. The minimum absolute atomic E-state index is 0. The Balaban J connectivity index is 0.00000300. The van der Waals surface area contributed by atoms with Gasteiger partial charge in [0.25, 0.3) is 5.69 Å². The van der Waals surface area contributed by atoms with Crippen molar-refractivity contribution in [3.63, 3.8) is 0 Å². The van der Waals surface area contributed by atoms with Crippen LogP contribution in [0.15, 0.2) is 42.2 Å². The predicted octanol–water partition coefficient (Wildman–Crippen LogP) is 4.57. The molecule has 154 valence electrons. The highest BCUT2D eigenvalue weighted by Crippen LogP contribution is 2.40. The molecule has 0 radical (unpaired) electrons. The van der Waals surface area contributed by atoms with E-state index in [0.717, 1.165) is 19.4 Å². The lowest BCUT2D eigenvalue weighted by Crippen LogP contribution is -2.19. The molecule has 0 spiro atoms. The maximum Gasteiger partial charge on any atom is 0.270 e. The lowest BCUT2D eigenvalue weighted by Gasteiger charge is -2.18. The third-order valence-electron chi connectivity index (χ3n) is 4.62. The van der Waals surface area contributed by atoms with E-state index in [1.54, 1.807) is 12.1 Å². The summed E-state index contributed by atoms with van der Waals surface area (Å²) in [5.74, 6) is 0.203. The number of hydrogen-bond acceptors (Lipinski definition) is 6. The number of rotatable bonds is 7. The van der Waals surface area contributed by atoms with Crippen molar-refractivity contribution in [1.82, 2.24) is 4.90 Å². The summed E-state index contributed by atoms with van der Waals surface area (Å²) in [5.41, 5.74) is 1.38. The van der Waals surface area contributed by atoms with Crippen LogP contribution in [0.4, 0.5) is 5.69 Å². The van der Waals surface area contributed by atoms with Gasteiger partial charge < -0.3 is 14.7 Å². The zero-order valence-corrected chi connectivity index (χ0v) is 17.1. The zero-order valence-electron chi connectivity index (χ0n) is 16.3. The summed E-state index contributed by atoms with van der Waals surface area (Å²) in [6.07, 6.45) is 3.58. The number of nitrogens with zero attached hydrogens (tertiary/aromatic N) is 2. The van der Waals surface area contributed by atoms with Crippen molar-refractivity contribution in [3.8, 4) is 11.5 Å². The number of nitro groups is 1. The highest BCUT2D eigenvalue weighted by atomic mass is 35.5. The fraction of sp³-hybridized carbons (Fsp3) is 0.286. The number of benzene rings is 2. The molecule has 0 saturated heterocycles. The van der Waals surface area contributed by atoms with Crippen molar-refractivity contribution in [2.24, 2.45) is 0 Å². The lowest BCUT2D eigenvalue weighted by molar-refractivity contribution is -0.384. The first-order valence-corrected chi connectivity index (χ1v) is 9.12. The van der Waals surface area contributed by atoms with Crippen LogP contribution in [0.3, 0.4) is 0 Å². The number of ether oxygens (including phenoxy) is 1. The number of carbonyl (C=O) groups excluding carboxylic acids is 1. The summed E-state index contributed by atoms with van der Waals surface area (Å²) in [6.45, 7) is 3.43. The van der Waals surface area contributed by atoms with Crippen LogP contribution in [-0.4, -0.2) is 34.3 Å². The quantitative estimate of drug-likeness (QED) is 0.402. The minimum Gasteiger partial charge on any atom is -0.507 e. The van der Waals surface area contributed by atoms with Crippen molar-refractivity contribution in [2.45, 2.75) is 26.3 Å². The molecular weight excluding hydrogens is 396 g/mol. The summed E-state index contributed by atoms with van der Waals surface area (Å²) in [7, 11) is 1.95. The predicted molar refractivity (Wildman–Crippen MR) is 113 cm³/mol. The maximum absolute atomic E-state index is 12.7. The average molecular weight is 419 g/mol. The van der Waals surface area contributed by atoms with Crippen molar-refractivity contribution in [1.29, 1.82) is 0 Å². The normalized spacial score (nSPS) is 13.9. The van der Waals surface area contributed by atoms with Gasteiger partial charge in [0, 0.05) is 18.7 Å². The van der Waals surface area contributed by atoms with Crippen LogP contribution in [0.2, 0.25) is 0 Å². The molecule has 0 amide bonds. The van der Waals surface area contributed by atoms with Gasteiger partial charge in [0.05, 0.1) is 16.1 Å². The Morgan fingerprint density at radius 1 is 1.28 bits per heavy atom. The summed E-state index contributed by atoms with van der Waals surface area (Å²) < 4.78 is 5.80. The number of non-ortho nitro benzene ring substituents is 1. The Labute approximate surface area is 175 Å². The molecule has 1 heterocycles. The molecule has 2 aromatic rings. The smallest absolute Gasteiger partial charge is 0.270 e. The van der Waals surface area contributed by atoms with E-state index in [9.17, 15) is 20.0 Å². The fourth-order valence-electron chi connectivity index (χ4n) is 3.11. The van der Waals surface area contributed by atoms with Crippen molar-refractivity contribution in [3.05, 3.63) is 69.0 Å². The molecular formula is C21H23ClN2O5. The maximum atomic E-state index is 12.7. The molecule has 0 saturated carbocycles. The molecule has 8 heteroatoms. The number of hydrogen-bond donors (Lipinski definition) is 1. The number of allylic oxidation sites excluding steroid dienone is 1. The Morgan fingerprint density at radius 3 is 2.72 bits per heavy atom. The average Bonchev–Trinajstić information content (AvgIpc) is 2.98. The van der Waals surface area contributed by atoms with Crippen LogP contribution < -0.4 is 4.74 Å². The summed E-state index contributed by atoms with van der Waals surface area (Å²) in [5, 5.41) is 21.2. The Morgan fingerprint density at radius 2 is 2.03 bits per heavy atom.